The second-order valence-electron chi connectivity index (χ2n) is 5.77. The Kier molecular flexibility index (Phi) is 4.98. The van der Waals surface area contributed by atoms with Crippen LogP contribution in [0.25, 0.3) is 5.78 Å². The van der Waals surface area contributed by atoms with Gasteiger partial charge in [-0.05, 0) is 44.5 Å². The van der Waals surface area contributed by atoms with Gasteiger partial charge in [-0.1, -0.05) is 23.9 Å². The van der Waals surface area contributed by atoms with Crippen molar-refractivity contribution < 1.29 is 9.18 Å². The van der Waals surface area contributed by atoms with Crippen molar-refractivity contribution in [2.45, 2.75) is 32.0 Å². The summed E-state index contributed by atoms with van der Waals surface area (Å²) >= 11 is 1.25. The third kappa shape index (κ3) is 4.14. The number of nitrogens with zero attached hydrogens (tertiary/aromatic N) is 4. The largest absolute Gasteiger partial charge is 0.349 e. The third-order valence-corrected chi connectivity index (χ3v) is 4.52. The van der Waals surface area contributed by atoms with Gasteiger partial charge in [-0.3, -0.25) is 4.79 Å². The van der Waals surface area contributed by atoms with Gasteiger partial charge in [0.15, 0.2) is 0 Å². The normalized spacial score (nSPS) is 12.3. The van der Waals surface area contributed by atoms with Gasteiger partial charge in [-0.25, -0.2) is 13.9 Å². The number of hydrogen-bond acceptors (Lipinski definition) is 5. The Hall–Kier alpha value is -2.48. The predicted molar refractivity (Wildman–Crippen MR) is 93.9 cm³/mol. The number of thioether (sulfide) groups is 1. The van der Waals surface area contributed by atoms with Gasteiger partial charge in [0.25, 0.3) is 5.78 Å². The lowest BCUT2D eigenvalue weighted by molar-refractivity contribution is -0.119. The molecule has 3 rings (SSSR count). The second kappa shape index (κ2) is 7.18. The molecule has 0 unspecified atom stereocenters. The first-order chi connectivity index (χ1) is 11.9. The summed E-state index contributed by atoms with van der Waals surface area (Å²) in [6, 6.07) is 7.80. The van der Waals surface area contributed by atoms with Crippen LogP contribution < -0.4 is 5.32 Å². The number of carbonyl (C=O) groups is 1. The first kappa shape index (κ1) is 17.3. The van der Waals surface area contributed by atoms with E-state index in [1.54, 1.807) is 16.6 Å². The molecule has 0 aliphatic carbocycles. The topological polar surface area (TPSA) is 72.2 Å². The van der Waals surface area contributed by atoms with E-state index in [1.807, 2.05) is 26.8 Å². The van der Waals surface area contributed by atoms with Crippen molar-refractivity contribution in [1.29, 1.82) is 0 Å². The molecule has 25 heavy (non-hydrogen) atoms. The lowest BCUT2D eigenvalue weighted by Gasteiger charge is -2.13. The van der Waals surface area contributed by atoms with E-state index >= 15 is 0 Å². The minimum atomic E-state index is -0.296. The van der Waals surface area contributed by atoms with Crippen molar-refractivity contribution in [3.05, 3.63) is 53.1 Å². The van der Waals surface area contributed by atoms with Crippen molar-refractivity contribution in [3.8, 4) is 0 Å². The molecule has 0 spiro atoms. The molecule has 1 N–H and O–H groups in total. The van der Waals surface area contributed by atoms with Crippen LogP contribution in [0.5, 0.6) is 0 Å². The van der Waals surface area contributed by atoms with E-state index in [2.05, 4.69) is 20.4 Å². The first-order valence-electron chi connectivity index (χ1n) is 7.81. The number of benzene rings is 1. The van der Waals surface area contributed by atoms with Crippen LogP contribution in [0.3, 0.4) is 0 Å². The summed E-state index contributed by atoms with van der Waals surface area (Å²) in [5.41, 5.74) is 2.66. The van der Waals surface area contributed by atoms with E-state index in [0.29, 0.717) is 10.9 Å². The van der Waals surface area contributed by atoms with Gasteiger partial charge in [0.2, 0.25) is 11.1 Å². The maximum atomic E-state index is 13.0. The molecule has 8 heteroatoms. The number of amides is 1. The Morgan fingerprint density at radius 3 is 2.72 bits per heavy atom. The van der Waals surface area contributed by atoms with E-state index in [9.17, 15) is 9.18 Å². The van der Waals surface area contributed by atoms with Crippen molar-refractivity contribution in [1.82, 2.24) is 24.9 Å². The van der Waals surface area contributed by atoms with Gasteiger partial charge in [-0.15, -0.1) is 5.10 Å². The molecule has 0 radical (unpaired) electrons. The van der Waals surface area contributed by atoms with Crippen molar-refractivity contribution in [2.24, 2.45) is 0 Å². The molecule has 0 aliphatic rings. The summed E-state index contributed by atoms with van der Waals surface area (Å²) < 4.78 is 14.6. The van der Waals surface area contributed by atoms with Crippen LogP contribution in [0, 0.1) is 19.7 Å². The number of nitrogens with one attached hydrogen (secondary N) is 1. The number of rotatable bonds is 5. The van der Waals surface area contributed by atoms with Gasteiger partial charge < -0.3 is 5.32 Å². The van der Waals surface area contributed by atoms with E-state index < -0.39 is 0 Å². The van der Waals surface area contributed by atoms with Crippen molar-refractivity contribution in [3.63, 3.8) is 0 Å². The smallest absolute Gasteiger partial charge is 0.253 e. The Morgan fingerprint density at radius 2 is 2.00 bits per heavy atom. The minimum absolute atomic E-state index is 0.137. The highest BCUT2D eigenvalue weighted by Gasteiger charge is 2.13. The molecule has 130 valence electrons. The maximum Gasteiger partial charge on any atom is 0.253 e. The SMILES string of the molecule is Cc1cc(C)n2nc(SCC(=O)N[C@H](C)c3ccc(F)cc3)nc2n1. The fourth-order valence-corrected chi connectivity index (χ4v) is 3.09. The summed E-state index contributed by atoms with van der Waals surface area (Å²) in [5, 5.41) is 7.74. The molecular weight excluding hydrogens is 341 g/mol. The van der Waals surface area contributed by atoms with Crippen LogP contribution in [0.4, 0.5) is 4.39 Å². The summed E-state index contributed by atoms with van der Waals surface area (Å²) in [6.45, 7) is 5.69. The molecule has 3 aromatic rings. The van der Waals surface area contributed by atoms with Gasteiger partial charge in [0.1, 0.15) is 5.82 Å². The lowest BCUT2D eigenvalue weighted by Crippen LogP contribution is -2.28. The summed E-state index contributed by atoms with van der Waals surface area (Å²) in [7, 11) is 0. The van der Waals surface area contributed by atoms with Gasteiger partial charge in [0, 0.05) is 11.4 Å². The predicted octanol–water partition coefficient (Wildman–Crippen LogP) is 2.85. The van der Waals surface area contributed by atoms with Crippen LogP contribution in [-0.2, 0) is 4.79 Å². The number of hydrogen-bond donors (Lipinski definition) is 1. The summed E-state index contributed by atoms with van der Waals surface area (Å²) in [5.74, 6) is 0.289. The minimum Gasteiger partial charge on any atom is -0.349 e. The number of halogens is 1. The van der Waals surface area contributed by atoms with Crippen LogP contribution in [-0.4, -0.2) is 31.2 Å². The average Bonchev–Trinajstić information content (AvgIpc) is 2.97. The van der Waals surface area contributed by atoms with Gasteiger partial charge >= 0.3 is 0 Å². The molecule has 2 aromatic heterocycles. The van der Waals surface area contributed by atoms with Crippen molar-refractivity contribution >= 4 is 23.4 Å². The number of aryl methyl sites for hydroxylation is 2. The first-order valence-corrected chi connectivity index (χ1v) is 8.79. The van der Waals surface area contributed by atoms with Gasteiger partial charge in [0.05, 0.1) is 11.8 Å². The summed E-state index contributed by atoms with van der Waals surface area (Å²) in [6.07, 6.45) is 0. The highest BCUT2D eigenvalue weighted by atomic mass is 32.2. The highest BCUT2D eigenvalue weighted by Crippen LogP contribution is 2.17. The van der Waals surface area contributed by atoms with Gasteiger partial charge in [-0.2, -0.15) is 4.98 Å². The zero-order valence-corrected chi connectivity index (χ0v) is 15.0. The molecule has 0 saturated carbocycles. The molecular formula is C17H18FN5OS. The Balaban J connectivity index is 1.60. The fraction of sp³-hybridized carbons (Fsp3) is 0.294. The summed E-state index contributed by atoms with van der Waals surface area (Å²) in [4.78, 5) is 20.8. The Morgan fingerprint density at radius 1 is 1.28 bits per heavy atom. The molecule has 1 aromatic carbocycles. The van der Waals surface area contributed by atoms with Crippen molar-refractivity contribution in [2.75, 3.05) is 5.75 Å². The molecule has 1 atom stereocenters. The van der Waals surface area contributed by atoms with Crippen LogP contribution in [0.1, 0.15) is 29.9 Å². The highest BCUT2D eigenvalue weighted by molar-refractivity contribution is 7.99. The van der Waals surface area contributed by atoms with E-state index in [-0.39, 0.29) is 23.5 Å². The Labute approximate surface area is 148 Å². The number of carbonyl (C=O) groups excluding carboxylic acids is 1. The van der Waals surface area contributed by atoms with E-state index in [0.717, 1.165) is 17.0 Å². The van der Waals surface area contributed by atoms with Crippen LogP contribution >= 0.6 is 11.8 Å². The average molecular weight is 359 g/mol. The zero-order chi connectivity index (χ0) is 18.0. The molecule has 2 heterocycles. The molecule has 0 saturated heterocycles. The second-order valence-corrected chi connectivity index (χ2v) is 6.72. The van der Waals surface area contributed by atoms with Crippen LogP contribution in [0.2, 0.25) is 0 Å². The monoisotopic (exact) mass is 359 g/mol. The third-order valence-electron chi connectivity index (χ3n) is 3.68. The standard InChI is InChI=1S/C17H18FN5OS/c1-10-8-11(2)23-16(19-10)21-17(22-23)25-9-15(24)20-12(3)13-4-6-14(18)7-5-13/h4-8,12H,9H2,1-3H3,(H,20,24)/t12-/m1/s1. The van der Waals surface area contributed by atoms with Crippen LogP contribution in [0.15, 0.2) is 35.5 Å². The molecule has 1 amide bonds. The van der Waals surface area contributed by atoms with E-state index in [1.165, 1.54) is 23.9 Å². The zero-order valence-electron chi connectivity index (χ0n) is 14.2. The van der Waals surface area contributed by atoms with E-state index in [4.69, 9.17) is 0 Å². The molecule has 0 bridgehead atoms. The number of aromatic nitrogens is 4. The number of fused-ring (bicyclic) bond motifs is 1. The quantitative estimate of drug-likeness (QED) is 0.709. The Bertz CT molecular complexity index is 909. The molecule has 0 aliphatic heterocycles. The fourth-order valence-electron chi connectivity index (χ4n) is 2.46. The lowest BCUT2D eigenvalue weighted by atomic mass is 10.1. The molecule has 0 fully saturated rings. The maximum absolute atomic E-state index is 13.0. The molecule has 6 nitrogen and oxygen atoms in total.